The predicted octanol–water partition coefficient (Wildman–Crippen LogP) is 8.74. The maximum absolute atomic E-state index is 5.30. The number of rotatable bonds is 5. The van der Waals surface area contributed by atoms with Crippen LogP contribution in [0.25, 0.3) is 11.1 Å². The minimum absolute atomic E-state index is 0.792. The lowest BCUT2D eigenvalue weighted by Crippen LogP contribution is -2.17. The van der Waals surface area contributed by atoms with E-state index in [0.29, 0.717) is 0 Å². The summed E-state index contributed by atoms with van der Waals surface area (Å²) >= 11 is 0. The summed E-state index contributed by atoms with van der Waals surface area (Å²) in [6, 6.07) is 46.0. The van der Waals surface area contributed by atoms with Gasteiger partial charge < -0.3 is 0 Å². The third-order valence-corrected chi connectivity index (χ3v) is 8.66. The molecule has 8 rings (SSSR count). The first-order valence-electron chi connectivity index (χ1n) is 15.6. The minimum atomic E-state index is 0.792. The first-order valence-corrected chi connectivity index (χ1v) is 15.6. The van der Waals surface area contributed by atoms with Crippen molar-refractivity contribution in [3.8, 4) is 0 Å². The van der Waals surface area contributed by atoms with Crippen molar-refractivity contribution in [1.29, 1.82) is 0 Å². The van der Waals surface area contributed by atoms with E-state index in [1.807, 2.05) is 73.3 Å². The Labute approximate surface area is 268 Å². The molecule has 0 aliphatic heterocycles. The van der Waals surface area contributed by atoms with E-state index in [1.165, 1.54) is 22.3 Å². The first kappa shape index (κ1) is 27.5. The van der Waals surface area contributed by atoms with Gasteiger partial charge in [-0.25, -0.2) is 0 Å². The van der Waals surface area contributed by atoms with Gasteiger partial charge >= 0.3 is 0 Å². The van der Waals surface area contributed by atoms with Crippen LogP contribution in [0.2, 0.25) is 0 Å². The van der Waals surface area contributed by atoms with Crippen LogP contribution < -0.4 is 0 Å². The Morgan fingerprint density at radius 1 is 0.435 bits per heavy atom. The van der Waals surface area contributed by atoms with Gasteiger partial charge in [-0.2, -0.15) is 0 Å². The number of nitrogens with zero attached hydrogens (tertiary/aromatic N) is 4. The van der Waals surface area contributed by atoms with E-state index < -0.39 is 0 Å². The van der Waals surface area contributed by atoms with Crippen LogP contribution in [0.15, 0.2) is 168 Å². The minimum Gasteiger partial charge on any atom is -0.260 e. The van der Waals surface area contributed by atoms with E-state index in [4.69, 9.17) is 20.0 Å². The fourth-order valence-electron chi connectivity index (χ4n) is 6.45. The molecule has 2 aromatic heterocycles. The van der Waals surface area contributed by atoms with Gasteiger partial charge in [0.15, 0.2) is 0 Å². The van der Waals surface area contributed by atoms with Crippen molar-refractivity contribution in [1.82, 2.24) is 9.97 Å². The van der Waals surface area contributed by atoms with Gasteiger partial charge in [-0.05, 0) is 34.4 Å². The molecule has 2 aliphatic rings. The highest BCUT2D eigenvalue weighted by Gasteiger charge is 2.23. The second-order valence-corrected chi connectivity index (χ2v) is 11.4. The molecule has 2 aliphatic carbocycles. The molecule has 0 unspecified atom stereocenters. The summed E-state index contributed by atoms with van der Waals surface area (Å²) < 4.78 is 0. The van der Waals surface area contributed by atoms with E-state index in [2.05, 4.69) is 84.9 Å². The molecule has 218 valence electrons. The number of hydrogen-bond donors (Lipinski definition) is 0. The van der Waals surface area contributed by atoms with E-state index >= 15 is 0 Å². The quantitative estimate of drug-likeness (QED) is 0.188. The van der Waals surface area contributed by atoms with E-state index in [1.54, 1.807) is 0 Å². The molecule has 6 aromatic rings. The molecule has 0 fully saturated rings. The Balaban J connectivity index is 1.36. The largest absolute Gasteiger partial charge is 0.260 e. The highest BCUT2D eigenvalue weighted by molar-refractivity contribution is 6.53. The second-order valence-electron chi connectivity index (χ2n) is 11.4. The summed E-state index contributed by atoms with van der Waals surface area (Å²) in [6.45, 7) is 0. The second kappa shape index (κ2) is 12.2. The van der Waals surface area contributed by atoms with Gasteiger partial charge in [0, 0.05) is 71.0 Å². The fourth-order valence-corrected chi connectivity index (χ4v) is 6.45. The summed E-state index contributed by atoms with van der Waals surface area (Å²) in [4.78, 5) is 20.1. The van der Waals surface area contributed by atoms with Crippen molar-refractivity contribution in [2.24, 2.45) is 9.98 Å². The van der Waals surface area contributed by atoms with Crippen LogP contribution in [-0.4, -0.2) is 21.4 Å². The lowest BCUT2D eigenvalue weighted by Gasteiger charge is -2.21. The van der Waals surface area contributed by atoms with Crippen molar-refractivity contribution in [2.75, 3.05) is 0 Å². The zero-order chi connectivity index (χ0) is 30.7. The van der Waals surface area contributed by atoms with Gasteiger partial charge in [-0.15, -0.1) is 0 Å². The molecule has 4 nitrogen and oxygen atoms in total. The van der Waals surface area contributed by atoms with E-state index in [0.717, 1.165) is 69.1 Å². The van der Waals surface area contributed by atoms with Crippen LogP contribution in [0.1, 0.15) is 55.9 Å². The molecule has 46 heavy (non-hydrogen) atoms. The standard InChI is InChI=1S/C42H30N4/c1-3-13-29(14-4-1)41(45-27-37-33-19-9-7-17-31(33)25-39-35(37)21-11-23-43-39)42(30-15-5-2-6-16-30)46-28-38-34-20-10-8-18-32(34)26-40-36(38)22-12-24-44-40/h1-24,27-28H,25-26H2/b37-27-,38-28+,45-41?,46-42?. The first-order chi connectivity index (χ1) is 22.8. The molecule has 0 spiro atoms. The summed E-state index contributed by atoms with van der Waals surface area (Å²) in [5, 5.41) is 0. The average molecular weight is 591 g/mol. The number of aliphatic imine (C=N–C) groups is 2. The van der Waals surface area contributed by atoms with Gasteiger partial charge in [0.25, 0.3) is 0 Å². The average Bonchev–Trinajstić information content (AvgIpc) is 3.12. The normalized spacial score (nSPS) is 15.6. The molecular formula is C42H30N4. The van der Waals surface area contributed by atoms with Crippen molar-refractivity contribution in [3.63, 3.8) is 0 Å². The number of benzene rings is 4. The maximum Gasteiger partial charge on any atom is 0.0964 e. The smallest absolute Gasteiger partial charge is 0.0964 e. The van der Waals surface area contributed by atoms with Gasteiger partial charge in [-0.3, -0.25) is 20.0 Å². The molecule has 4 aromatic carbocycles. The summed E-state index contributed by atoms with van der Waals surface area (Å²) in [6.07, 6.45) is 9.35. The zero-order valence-corrected chi connectivity index (χ0v) is 25.2. The lowest BCUT2D eigenvalue weighted by molar-refractivity contribution is 1.03. The van der Waals surface area contributed by atoms with E-state index in [9.17, 15) is 0 Å². The SMILES string of the molecule is C(/N=C(C(=N/C=C1\c2ccccc2Cc2ncccc21)c1ccccc1)c1ccccc1)=C1\c2ccccc2Cc2ncccc21. The molecule has 4 heteroatoms. The highest BCUT2D eigenvalue weighted by atomic mass is 14.8. The van der Waals surface area contributed by atoms with Crippen molar-refractivity contribution >= 4 is 22.6 Å². The zero-order valence-electron chi connectivity index (χ0n) is 25.2. The Bertz CT molecular complexity index is 1940. The lowest BCUT2D eigenvalue weighted by atomic mass is 9.85. The molecule has 0 radical (unpaired) electrons. The third-order valence-electron chi connectivity index (χ3n) is 8.66. The molecule has 0 saturated heterocycles. The molecule has 0 bridgehead atoms. The third kappa shape index (κ3) is 5.20. The van der Waals surface area contributed by atoms with Crippen molar-refractivity contribution in [3.05, 3.63) is 214 Å². The molecule has 0 amide bonds. The van der Waals surface area contributed by atoms with Crippen molar-refractivity contribution in [2.45, 2.75) is 12.8 Å². The molecule has 0 atom stereocenters. The van der Waals surface area contributed by atoms with Gasteiger partial charge in [0.2, 0.25) is 0 Å². The molecule has 2 heterocycles. The van der Waals surface area contributed by atoms with Crippen LogP contribution in [0.4, 0.5) is 0 Å². The summed E-state index contributed by atoms with van der Waals surface area (Å²) in [7, 11) is 0. The highest BCUT2D eigenvalue weighted by Crippen LogP contribution is 2.36. The maximum atomic E-state index is 5.30. The Morgan fingerprint density at radius 3 is 1.28 bits per heavy atom. The van der Waals surface area contributed by atoms with Gasteiger partial charge in [0.1, 0.15) is 0 Å². The van der Waals surface area contributed by atoms with E-state index in [-0.39, 0.29) is 0 Å². The van der Waals surface area contributed by atoms with Gasteiger partial charge in [0.05, 0.1) is 22.8 Å². The number of hydrogen-bond acceptors (Lipinski definition) is 4. The number of fused-ring (bicyclic) bond motifs is 4. The summed E-state index contributed by atoms with van der Waals surface area (Å²) in [5.41, 5.74) is 14.9. The van der Waals surface area contributed by atoms with Crippen LogP contribution in [0.3, 0.4) is 0 Å². The van der Waals surface area contributed by atoms with Gasteiger partial charge in [-0.1, -0.05) is 121 Å². The predicted molar refractivity (Wildman–Crippen MR) is 187 cm³/mol. The Hall–Kier alpha value is -6.00. The Kier molecular flexibility index (Phi) is 7.29. The monoisotopic (exact) mass is 590 g/mol. The molecule has 0 saturated carbocycles. The van der Waals surface area contributed by atoms with Crippen LogP contribution in [0.5, 0.6) is 0 Å². The topological polar surface area (TPSA) is 50.5 Å². The van der Waals surface area contributed by atoms with Crippen LogP contribution in [0, 0.1) is 0 Å². The Morgan fingerprint density at radius 2 is 0.826 bits per heavy atom. The summed E-state index contributed by atoms with van der Waals surface area (Å²) in [5.74, 6) is 0. The van der Waals surface area contributed by atoms with Crippen molar-refractivity contribution < 1.29 is 0 Å². The molecular weight excluding hydrogens is 560 g/mol. The number of pyridine rings is 2. The number of aromatic nitrogens is 2. The van der Waals surface area contributed by atoms with Crippen LogP contribution >= 0.6 is 0 Å². The molecule has 0 N–H and O–H groups in total. The van der Waals surface area contributed by atoms with Crippen LogP contribution in [-0.2, 0) is 12.8 Å². The fraction of sp³-hybridized carbons (Fsp3) is 0.0476.